The van der Waals surface area contributed by atoms with Gasteiger partial charge in [-0.3, -0.25) is 0 Å². The minimum Gasteiger partial charge on any atom is -0.363 e. The molecule has 12 heavy (non-hydrogen) atoms. The van der Waals surface area contributed by atoms with Crippen LogP contribution in [0.1, 0.15) is 5.69 Å². The van der Waals surface area contributed by atoms with Crippen molar-refractivity contribution < 1.29 is 0 Å². The Morgan fingerprint density at radius 2 is 2.17 bits per heavy atom. The summed E-state index contributed by atoms with van der Waals surface area (Å²) in [6, 6.07) is 3.67. The summed E-state index contributed by atoms with van der Waals surface area (Å²) in [4.78, 5) is 6.17. The highest BCUT2D eigenvalue weighted by Crippen LogP contribution is 2.17. The van der Waals surface area contributed by atoms with Crippen LogP contribution in [-0.2, 0) is 6.54 Å². The van der Waals surface area contributed by atoms with Crippen LogP contribution in [0.3, 0.4) is 0 Å². The van der Waals surface area contributed by atoms with E-state index >= 15 is 0 Å². The molecule has 66 valence electrons. The van der Waals surface area contributed by atoms with Crippen LogP contribution in [0.15, 0.2) is 12.1 Å². The predicted octanol–water partition coefficient (Wildman–Crippen LogP) is 1.26. The van der Waals surface area contributed by atoms with Gasteiger partial charge in [-0.2, -0.15) is 0 Å². The SMILES string of the molecule is CN(C)c1ccc(Cl)c(CN)n1. The van der Waals surface area contributed by atoms with Crippen molar-refractivity contribution in [1.82, 2.24) is 4.98 Å². The Labute approximate surface area is 77.1 Å². The third-order valence-corrected chi connectivity index (χ3v) is 1.90. The maximum atomic E-state index is 5.84. The lowest BCUT2D eigenvalue weighted by atomic mass is 10.3. The normalized spacial score (nSPS) is 10.0. The van der Waals surface area contributed by atoms with Crippen molar-refractivity contribution in [2.24, 2.45) is 5.73 Å². The van der Waals surface area contributed by atoms with Crippen molar-refractivity contribution in [1.29, 1.82) is 0 Å². The van der Waals surface area contributed by atoms with Crippen LogP contribution in [0, 0.1) is 0 Å². The number of hydrogen-bond acceptors (Lipinski definition) is 3. The molecule has 1 heterocycles. The zero-order valence-electron chi connectivity index (χ0n) is 7.21. The number of hydrogen-bond donors (Lipinski definition) is 1. The van der Waals surface area contributed by atoms with Gasteiger partial charge in [0.2, 0.25) is 0 Å². The van der Waals surface area contributed by atoms with Gasteiger partial charge in [0.15, 0.2) is 0 Å². The molecule has 1 aromatic rings. The van der Waals surface area contributed by atoms with Gasteiger partial charge in [-0.15, -0.1) is 0 Å². The Bertz CT molecular complexity index is 273. The summed E-state index contributed by atoms with van der Waals surface area (Å²) in [5.74, 6) is 0.875. The molecule has 0 saturated carbocycles. The van der Waals surface area contributed by atoms with Gasteiger partial charge in [-0.25, -0.2) is 4.98 Å². The highest BCUT2D eigenvalue weighted by Gasteiger charge is 2.02. The minimum absolute atomic E-state index is 0.376. The van der Waals surface area contributed by atoms with Crippen molar-refractivity contribution in [3.63, 3.8) is 0 Å². The second-order valence-electron chi connectivity index (χ2n) is 2.70. The molecule has 2 N–H and O–H groups in total. The zero-order chi connectivity index (χ0) is 9.14. The van der Waals surface area contributed by atoms with Crippen LogP contribution in [0.2, 0.25) is 5.02 Å². The number of anilines is 1. The van der Waals surface area contributed by atoms with E-state index in [9.17, 15) is 0 Å². The van der Waals surface area contributed by atoms with Gasteiger partial charge in [-0.1, -0.05) is 11.6 Å². The highest BCUT2D eigenvalue weighted by atomic mass is 35.5. The Morgan fingerprint density at radius 3 is 2.67 bits per heavy atom. The van der Waals surface area contributed by atoms with Crippen molar-refractivity contribution in [2.45, 2.75) is 6.54 Å². The summed E-state index contributed by atoms with van der Waals surface area (Å²) in [5, 5.41) is 0.628. The maximum absolute atomic E-state index is 5.84. The Balaban J connectivity index is 3.05. The van der Waals surface area contributed by atoms with Crippen LogP contribution >= 0.6 is 11.6 Å². The fourth-order valence-electron chi connectivity index (χ4n) is 0.865. The van der Waals surface area contributed by atoms with Crippen LogP contribution < -0.4 is 10.6 Å². The van der Waals surface area contributed by atoms with E-state index in [1.54, 1.807) is 0 Å². The van der Waals surface area contributed by atoms with E-state index in [0.29, 0.717) is 11.6 Å². The first-order chi connectivity index (χ1) is 5.65. The Hall–Kier alpha value is -0.800. The molecule has 0 unspecified atom stereocenters. The molecule has 4 heteroatoms. The first-order valence-electron chi connectivity index (χ1n) is 3.68. The maximum Gasteiger partial charge on any atom is 0.128 e. The zero-order valence-corrected chi connectivity index (χ0v) is 7.97. The quantitative estimate of drug-likeness (QED) is 0.755. The van der Waals surface area contributed by atoms with Gasteiger partial charge < -0.3 is 10.6 Å². The number of nitrogens with two attached hydrogens (primary N) is 1. The van der Waals surface area contributed by atoms with Crippen LogP contribution in [0.25, 0.3) is 0 Å². The standard InChI is InChI=1S/C8H12ClN3/c1-12(2)8-4-3-6(9)7(5-10)11-8/h3-4H,5,10H2,1-2H3. The summed E-state index contributed by atoms with van der Waals surface area (Å²) < 4.78 is 0. The van der Waals surface area contributed by atoms with E-state index in [-0.39, 0.29) is 0 Å². The van der Waals surface area contributed by atoms with Crippen LogP contribution in [0.5, 0.6) is 0 Å². The fourth-order valence-corrected chi connectivity index (χ4v) is 1.05. The van der Waals surface area contributed by atoms with E-state index in [4.69, 9.17) is 17.3 Å². The van der Waals surface area contributed by atoms with Gasteiger partial charge in [0, 0.05) is 20.6 Å². The van der Waals surface area contributed by atoms with Crippen molar-refractivity contribution in [3.8, 4) is 0 Å². The molecule has 0 bridgehead atoms. The van der Waals surface area contributed by atoms with Crippen LogP contribution in [0.4, 0.5) is 5.82 Å². The van der Waals surface area contributed by atoms with E-state index in [1.165, 1.54) is 0 Å². The van der Waals surface area contributed by atoms with Crippen LogP contribution in [-0.4, -0.2) is 19.1 Å². The number of nitrogens with zero attached hydrogens (tertiary/aromatic N) is 2. The molecular formula is C8H12ClN3. The van der Waals surface area contributed by atoms with E-state index < -0.39 is 0 Å². The second-order valence-corrected chi connectivity index (χ2v) is 3.10. The lowest BCUT2D eigenvalue weighted by Gasteiger charge is -2.12. The molecule has 0 amide bonds. The van der Waals surface area contributed by atoms with E-state index in [0.717, 1.165) is 11.5 Å². The fraction of sp³-hybridized carbons (Fsp3) is 0.375. The summed E-state index contributed by atoms with van der Waals surface area (Å²) in [7, 11) is 3.85. The number of aromatic nitrogens is 1. The molecule has 0 aliphatic carbocycles. The molecule has 0 fully saturated rings. The number of rotatable bonds is 2. The average molecular weight is 186 g/mol. The second kappa shape index (κ2) is 3.74. The largest absolute Gasteiger partial charge is 0.363 e. The van der Waals surface area contributed by atoms with E-state index in [1.807, 2.05) is 31.1 Å². The number of halogens is 1. The lowest BCUT2D eigenvalue weighted by molar-refractivity contribution is 0.962. The Morgan fingerprint density at radius 1 is 1.50 bits per heavy atom. The lowest BCUT2D eigenvalue weighted by Crippen LogP contribution is -2.12. The monoisotopic (exact) mass is 185 g/mol. The predicted molar refractivity (Wildman–Crippen MR) is 51.5 cm³/mol. The minimum atomic E-state index is 0.376. The van der Waals surface area contributed by atoms with Gasteiger partial charge in [-0.05, 0) is 12.1 Å². The molecule has 0 spiro atoms. The first kappa shape index (κ1) is 9.29. The van der Waals surface area contributed by atoms with Crippen molar-refractivity contribution in [2.75, 3.05) is 19.0 Å². The molecule has 0 aliphatic rings. The van der Waals surface area contributed by atoms with Gasteiger partial charge in [0.25, 0.3) is 0 Å². The summed E-state index contributed by atoms with van der Waals surface area (Å²) in [6.45, 7) is 0.376. The van der Waals surface area contributed by atoms with Gasteiger partial charge in [0.05, 0.1) is 10.7 Å². The third kappa shape index (κ3) is 1.87. The molecule has 1 aromatic heterocycles. The molecule has 0 saturated heterocycles. The molecule has 0 aliphatic heterocycles. The third-order valence-electron chi connectivity index (χ3n) is 1.56. The highest BCUT2D eigenvalue weighted by molar-refractivity contribution is 6.31. The molecule has 0 radical (unpaired) electrons. The molecule has 0 aromatic carbocycles. The summed E-state index contributed by atoms with van der Waals surface area (Å²) in [6.07, 6.45) is 0. The molecule has 0 atom stereocenters. The number of pyridine rings is 1. The topological polar surface area (TPSA) is 42.1 Å². The van der Waals surface area contributed by atoms with Crippen molar-refractivity contribution in [3.05, 3.63) is 22.8 Å². The average Bonchev–Trinajstić information content (AvgIpc) is 2.05. The Kier molecular flexibility index (Phi) is 2.89. The van der Waals surface area contributed by atoms with Gasteiger partial charge in [0.1, 0.15) is 5.82 Å². The van der Waals surface area contributed by atoms with Crippen molar-refractivity contribution >= 4 is 17.4 Å². The van der Waals surface area contributed by atoms with Gasteiger partial charge >= 0.3 is 0 Å². The summed E-state index contributed by atoms with van der Waals surface area (Å²) in [5.41, 5.74) is 6.19. The first-order valence-corrected chi connectivity index (χ1v) is 4.05. The van der Waals surface area contributed by atoms with E-state index in [2.05, 4.69) is 4.98 Å². The smallest absolute Gasteiger partial charge is 0.128 e. The summed E-state index contributed by atoms with van der Waals surface area (Å²) >= 11 is 5.84. The molecule has 1 rings (SSSR count). The molecule has 3 nitrogen and oxygen atoms in total. The molecular weight excluding hydrogens is 174 g/mol.